The molecule has 1 aromatic rings. The molecular formula is C14H17F3O2. The second-order valence-corrected chi connectivity index (χ2v) is 4.40. The number of hydrogen-bond donors (Lipinski definition) is 0. The molecule has 1 aromatic carbocycles. The maximum atomic E-state index is 12.5. The molecule has 1 atom stereocenters. The molecule has 0 amide bonds. The molecule has 1 rings (SSSR count). The van der Waals surface area contributed by atoms with Crippen molar-refractivity contribution in [1.29, 1.82) is 0 Å². The monoisotopic (exact) mass is 274 g/mol. The van der Waals surface area contributed by atoms with E-state index in [9.17, 15) is 18.0 Å². The standard InChI is InChI=1S/C14H17F3O2/c1-4-5-12(19-3)13(18)11-7-6-10(8-9(11)2)14(15,16)17/h6-8,12H,4-5H2,1-3H3. The highest BCUT2D eigenvalue weighted by Crippen LogP contribution is 2.30. The fourth-order valence-corrected chi connectivity index (χ4v) is 1.91. The van der Waals surface area contributed by atoms with Gasteiger partial charge in [0.05, 0.1) is 5.56 Å². The van der Waals surface area contributed by atoms with Crippen molar-refractivity contribution < 1.29 is 22.7 Å². The Morgan fingerprint density at radius 3 is 2.42 bits per heavy atom. The number of carbonyl (C=O) groups excluding carboxylic acids is 1. The summed E-state index contributed by atoms with van der Waals surface area (Å²) in [5.74, 6) is -0.268. The Labute approximate surface area is 110 Å². The number of aryl methyl sites for hydroxylation is 1. The molecule has 0 saturated heterocycles. The Hall–Kier alpha value is -1.36. The predicted octanol–water partition coefficient (Wildman–Crippen LogP) is 4.01. The lowest BCUT2D eigenvalue weighted by molar-refractivity contribution is -0.137. The zero-order chi connectivity index (χ0) is 14.6. The molecule has 0 aliphatic heterocycles. The summed E-state index contributed by atoms with van der Waals surface area (Å²) in [5.41, 5.74) is -0.141. The summed E-state index contributed by atoms with van der Waals surface area (Å²) < 4.78 is 42.7. The van der Waals surface area contributed by atoms with Crippen LogP contribution >= 0.6 is 0 Å². The molecule has 2 nitrogen and oxygen atoms in total. The number of alkyl halides is 3. The van der Waals surface area contributed by atoms with Crippen LogP contribution in [0.3, 0.4) is 0 Å². The maximum absolute atomic E-state index is 12.5. The molecule has 19 heavy (non-hydrogen) atoms. The number of rotatable bonds is 5. The van der Waals surface area contributed by atoms with Crippen LogP contribution in [0.5, 0.6) is 0 Å². The summed E-state index contributed by atoms with van der Waals surface area (Å²) in [6.45, 7) is 3.42. The normalized spacial score (nSPS) is 13.4. The van der Waals surface area contributed by atoms with Gasteiger partial charge in [-0.15, -0.1) is 0 Å². The number of ketones is 1. The Bertz CT molecular complexity index is 452. The van der Waals surface area contributed by atoms with Gasteiger partial charge in [0, 0.05) is 12.7 Å². The summed E-state index contributed by atoms with van der Waals surface area (Å²) >= 11 is 0. The fraction of sp³-hybridized carbons (Fsp3) is 0.500. The Kier molecular flexibility index (Phi) is 5.11. The minimum atomic E-state index is -4.39. The molecule has 106 valence electrons. The largest absolute Gasteiger partial charge is 0.416 e. The van der Waals surface area contributed by atoms with Crippen LogP contribution in [0, 0.1) is 6.92 Å². The molecule has 0 spiro atoms. The zero-order valence-corrected chi connectivity index (χ0v) is 11.2. The minimum absolute atomic E-state index is 0.268. The highest BCUT2D eigenvalue weighted by atomic mass is 19.4. The van der Waals surface area contributed by atoms with Gasteiger partial charge in [-0.2, -0.15) is 13.2 Å². The van der Waals surface area contributed by atoms with E-state index in [1.165, 1.54) is 20.1 Å². The molecule has 0 aliphatic carbocycles. The third-order valence-electron chi connectivity index (χ3n) is 2.95. The third-order valence-corrected chi connectivity index (χ3v) is 2.95. The average Bonchev–Trinajstić information content (AvgIpc) is 2.34. The highest BCUT2D eigenvalue weighted by molar-refractivity contribution is 6.00. The van der Waals surface area contributed by atoms with Gasteiger partial charge in [-0.3, -0.25) is 4.79 Å². The summed E-state index contributed by atoms with van der Waals surface area (Å²) in [5, 5.41) is 0. The van der Waals surface area contributed by atoms with Crippen molar-refractivity contribution in [3.05, 3.63) is 34.9 Å². The van der Waals surface area contributed by atoms with E-state index in [0.717, 1.165) is 18.6 Å². The van der Waals surface area contributed by atoms with Gasteiger partial charge in [0.2, 0.25) is 0 Å². The smallest absolute Gasteiger partial charge is 0.373 e. The lowest BCUT2D eigenvalue weighted by Gasteiger charge is -2.16. The van der Waals surface area contributed by atoms with Crippen LogP contribution in [0.4, 0.5) is 13.2 Å². The molecular weight excluding hydrogens is 257 g/mol. The molecule has 0 bridgehead atoms. The van der Waals surface area contributed by atoms with Crippen LogP contribution in [-0.4, -0.2) is 19.0 Å². The number of Topliss-reactive ketones (excluding diaryl/α,β-unsaturated/α-hetero) is 1. The number of hydrogen-bond acceptors (Lipinski definition) is 2. The SMILES string of the molecule is CCCC(OC)C(=O)c1ccc(C(F)(F)F)cc1C. The minimum Gasteiger partial charge on any atom is -0.373 e. The first-order chi connectivity index (χ1) is 8.81. The maximum Gasteiger partial charge on any atom is 0.416 e. The van der Waals surface area contributed by atoms with Crippen molar-refractivity contribution in [2.45, 2.75) is 39.0 Å². The van der Waals surface area contributed by atoms with Crippen molar-refractivity contribution in [1.82, 2.24) is 0 Å². The van der Waals surface area contributed by atoms with E-state index in [1.807, 2.05) is 6.92 Å². The second kappa shape index (κ2) is 6.19. The van der Waals surface area contributed by atoms with Crippen molar-refractivity contribution in [2.75, 3.05) is 7.11 Å². The molecule has 1 unspecified atom stereocenters. The first-order valence-electron chi connectivity index (χ1n) is 6.06. The molecule has 0 aliphatic rings. The summed E-state index contributed by atoms with van der Waals surface area (Å²) in [6, 6.07) is 3.15. The van der Waals surface area contributed by atoms with Crippen LogP contribution in [0.1, 0.15) is 41.3 Å². The van der Waals surface area contributed by atoms with Crippen LogP contribution in [0.25, 0.3) is 0 Å². The Balaban J connectivity index is 3.05. The summed E-state index contributed by atoms with van der Waals surface area (Å²) in [6.07, 6.45) is -3.67. The number of carbonyl (C=O) groups is 1. The molecule has 0 N–H and O–H groups in total. The van der Waals surface area contributed by atoms with E-state index in [0.29, 0.717) is 12.0 Å². The topological polar surface area (TPSA) is 26.3 Å². The first-order valence-corrected chi connectivity index (χ1v) is 6.06. The summed E-state index contributed by atoms with van der Waals surface area (Å²) in [4.78, 5) is 12.1. The zero-order valence-electron chi connectivity index (χ0n) is 11.2. The van der Waals surface area contributed by atoms with Gasteiger partial charge in [-0.05, 0) is 31.0 Å². The number of methoxy groups -OCH3 is 1. The fourth-order valence-electron chi connectivity index (χ4n) is 1.91. The van der Waals surface area contributed by atoms with Gasteiger partial charge in [-0.25, -0.2) is 0 Å². The van der Waals surface area contributed by atoms with Gasteiger partial charge in [-0.1, -0.05) is 19.4 Å². The third kappa shape index (κ3) is 3.80. The quantitative estimate of drug-likeness (QED) is 0.758. The summed E-state index contributed by atoms with van der Waals surface area (Å²) in [7, 11) is 1.43. The van der Waals surface area contributed by atoms with Gasteiger partial charge in [0.25, 0.3) is 0 Å². The van der Waals surface area contributed by atoms with Crippen molar-refractivity contribution in [3.8, 4) is 0 Å². The molecule has 0 heterocycles. The van der Waals surface area contributed by atoms with Crippen molar-refractivity contribution >= 4 is 5.78 Å². The lowest BCUT2D eigenvalue weighted by atomic mass is 9.97. The van der Waals surface area contributed by atoms with Gasteiger partial charge < -0.3 is 4.74 Å². The van der Waals surface area contributed by atoms with E-state index < -0.39 is 17.8 Å². The number of halogens is 3. The molecule has 0 radical (unpaired) electrons. The van der Waals surface area contributed by atoms with E-state index in [4.69, 9.17) is 4.74 Å². The van der Waals surface area contributed by atoms with Crippen LogP contribution in [-0.2, 0) is 10.9 Å². The second-order valence-electron chi connectivity index (χ2n) is 4.40. The van der Waals surface area contributed by atoms with Crippen LogP contribution < -0.4 is 0 Å². The van der Waals surface area contributed by atoms with Gasteiger partial charge >= 0.3 is 6.18 Å². The first kappa shape index (κ1) is 15.7. The van der Waals surface area contributed by atoms with E-state index in [2.05, 4.69) is 0 Å². The van der Waals surface area contributed by atoms with Gasteiger partial charge in [0.1, 0.15) is 6.10 Å². The van der Waals surface area contributed by atoms with Crippen molar-refractivity contribution in [2.24, 2.45) is 0 Å². The van der Waals surface area contributed by atoms with E-state index in [1.54, 1.807) is 0 Å². The molecule has 0 saturated carbocycles. The Morgan fingerprint density at radius 1 is 1.37 bits per heavy atom. The number of benzene rings is 1. The predicted molar refractivity (Wildman–Crippen MR) is 66.2 cm³/mol. The van der Waals surface area contributed by atoms with E-state index in [-0.39, 0.29) is 11.3 Å². The molecule has 0 fully saturated rings. The highest BCUT2D eigenvalue weighted by Gasteiger charge is 2.31. The Morgan fingerprint density at radius 2 is 2.00 bits per heavy atom. The van der Waals surface area contributed by atoms with Crippen molar-refractivity contribution in [3.63, 3.8) is 0 Å². The average molecular weight is 274 g/mol. The lowest BCUT2D eigenvalue weighted by Crippen LogP contribution is -2.24. The van der Waals surface area contributed by atoms with Gasteiger partial charge in [0.15, 0.2) is 5.78 Å². The van der Waals surface area contributed by atoms with Crippen LogP contribution in [0.15, 0.2) is 18.2 Å². The number of ether oxygens (including phenoxy) is 1. The van der Waals surface area contributed by atoms with E-state index >= 15 is 0 Å². The van der Waals surface area contributed by atoms with Crippen LogP contribution in [0.2, 0.25) is 0 Å². The molecule has 5 heteroatoms. The molecule has 0 aromatic heterocycles.